The summed E-state index contributed by atoms with van der Waals surface area (Å²) in [5, 5.41) is 0.736. The molecule has 0 N–H and O–H groups in total. The molecular weight excluding hydrogens is 332 g/mol. The van der Waals surface area contributed by atoms with Gasteiger partial charge in [-0.25, -0.2) is 0 Å². The van der Waals surface area contributed by atoms with Crippen LogP contribution in [0.2, 0.25) is 0 Å². The molecule has 0 amide bonds. The number of hydrogen-bond donors (Lipinski definition) is 0. The molecule has 0 bridgehead atoms. The number of thiophene rings is 1. The fourth-order valence-electron chi connectivity index (χ4n) is 1.99. The third kappa shape index (κ3) is 5.19. The van der Waals surface area contributed by atoms with E-state index in [-0.39, 0.29) is 0 Å². The normalized spacial score (nSPS) is 13.0. The second kappa shape index (κ2) is 6.89. The van der Waals surface area contributed by atoms with Gasteiger partial charge in [0.15, 0.2) is 9.58 Å². The molecule has 0 saturated heterocycles. The highest BCUT2D eigenvalue weighted by molar-refractivity contribution is 7.38. The minimum Gasteiger partial charge on any atom is -0.418 e. The number of rotatable bonds is 2. The van der Waals surface area contributed by atoms with E-state index in [4.69, 9.17) is 0 Å². The average Bonchev–Trinajstić information content (AvgIpc) is 2.73. The van der Waals surface area contributed by atoms with Crippen LogP contribution in [0.4, 0.5) is 30.4 Å². The smallest absolute Gasteiger partial charge is 0.418 e. The summed E-state index contributed by atoms with van der Waals surface area (Å²) in [6.07, 6.45) is 1.22. The number of hydrogen-bond acceptors (Lipinski definition) is 0. The molecular formula is C13H14BF7S. The van der Waals surface area contributed by atoms with E-state index in [1.54, 1.807) is 19.1 Å². The maximum absolute atomic E-state index is 13.1. The van der Waals surface area contributed by atoms with Crippen molar-refractivity contribution in [1.82, 2.24) is 0 Å². The SMILES string of the molecule is CCc1ccc2cc(CC)[s+](C(F)(F)F)c2c1.F[B-](F)(F)F. The van der Waals surface area contributed by atoms with Crippen molar-refractivity contribution in [3.05, 3.63) is 34.7 Å². The van der Waals surface area contributed by atoms with E-state index in [1.807, 2.05) is 19.1 Å². The van der Waals surface area contributed by atoms with Crippen LogP contribution in [0.15, 0.2) is 24.3 Å². The van der Waals surface area contributed by atoms with Crippen LogP contribution in [0.1, 0.15) is 24.3 Å². The van der Waals surface area contributed by atoms with Crippen molar-refractivity contribution < 1.29 is 30.4 Å². The molecule has 0 fully saturated rings. The van der Waals surface area contributed by atoms with Gasteiger partial charge in [-0.3, -0.25) is 0 Å². The van der Waals surface area contributed by atoms with Gasteiger partial charge in [-0.15, -0.1) is 13.2 Å². The van der Waals surface area contributed by atoms with Gasteiger partial charge in [0.25, 0.3) is 0 Å². The summed E-state index contributed by atoms with van der Waals surface area (Å²) < 4.78 is 78.7. The first-order valence-corrected chi connectivity index (χ1v) is 7.71. The Morgan fingerprint density at radius 1 is 0.955 bits per heavy atom. The maximum atomic E-state index is 13.1. The Morgan fingerprint density at radius 3 is 1.91 bits per heavy atom. The second-order valence-electron chi connectivity index (χ2n) is 4.44. The number of aryl methyl sites for hydroxylation is 2. The van der Waals surface area contributed by atoms with Gasteiger partial charge in [-0.1, -0.05) is 19.9 Å². The molecule has 0 aliphatic rings. The van der Waals surface area contributed by atoms with E-state index >= 15 is 0 Å². The van der Waals surface area contributed by atoms with Crippen LogP contribution in [0.3, 0.4) is 0 Å². The lowest BCUT2D eigenvalue weighted by molar-refractivity contribution is -0.0867. The Hall–Kier alpha value is -1.25. The summed E-state index contributed by atoms with van der Waals surface area (Å²) in [6, 6.07) is 7.13. The quantitative estimate of drug-likeness (QED) is 0.331. The lowest BCUT2D eigenvalue weighted by Crippen LogP contribution is -2.02. The summed E-state index contributed by atoms with van der Waals surface area (Å²) in [4.78, 5) is 0.501. The first-order chi connectivity index (χ1) is 9.97. The highest BCUT2D eigenvalue weighted by atomic mass is 32.2. The predicted octanol–water partition coefficient (Wildman–Crippen LogP) is 6.49. The van der Waals surface area contributed by atoms with Gasteiger partial charge < -0.3 is 17.3 Å². The van der Waals surface area contributed by atoms with Crippen molar-refractivity contribution in [3.63, 3.8) is 0 Å². The fourth-order valence-corrected chi connectivity index (χ4v) is 3.98. The molecule has 1 atom stereocenters. The molecule has 124 valence electrons. The summed E-state index contributed by atoms with van der Waals surface area (Å²) in [6.45, 7) is 3.74. The molecule has 0 spiro atoms. The summed E-state index contributed by atoms with van der Waals surface area (Å²) >= 11 is 0. The van der Waals surface area contributed by atoms with Crippen molar-refractivity contribution in [2.75, 3.05) is 0 Å². The van der Waals surface area contributed by atoms with E-state index in [1.165, 1.54) is 0 Å². The first-order valence-electron chi connectivity index (χ1n) is 6.49. The van der Waals surface area contributed by atoms with Gasteiger partial charge in [-0.05, 0) is 18.1 Å². The predicted molar refractivity (Wildman–Crippen MR) is 76.7 cm³/mol. The largest absolute Gasteiger partial charge is 0.673 e. The second-order valence-corrected chi connectivity index (χ2v) is 6.48. The Balaban J connectivity index is 0.000000422. The van der Waals surface area contributed by atoms with Crippen molar-refractivity contribution in [2.45, 2.75) is 32.2 Å². The number of alkyl halides is 3. The highest BCUT2D eigenvalue weighted by Crippen LogP contribution is 2.51. The van der Waals surface area contributed by atoms with Crippen LogP contribution >= 0.6 is 10.5 Å². The zero-order valence-corrected chi connectivity index (χ0v) is 12.7. The van der Waals surface area contributed by atoms with Gasteiger partial charge >= 0.3 is 12.8 Å². The molecule has 0 aliphatic carbocycles. The molecule has 2 aromatic rings. The minimum absolute atomic E-state index is 0.453. The van der Waals surface area contributed by atoms with Crippen LogP contribution in [0.25, 0.3) is 10.1 Å². The van der Waals surface area contributed by atoms with Crippen LogP contribution in [-0.4, -0.2) is 7.25 Å². The molecule has 1 unspecified atom stereocenters. The third-order valence-corrected chi connectivity index (χ3v) is 5.05. The topological polar surface area (TPSA) is 0 Å². The van der Waals surface area contributed by atoms with E-state index in [9.17, 15) is 30.4 Å². The van der Waals surface area contributed by atoms with Crippen LogP contribution < -0.4 is 0 Å². The third-order valence-electron chi connectivity index (χ3n) is 2.86. The van der Waals surface area contributed by atoms with Crippen molar-refractivity contribution in [3.8, 4) is 0 Å². The van der Waals surface area contributed by atoms with Crippen molar-refractivity contribution in [2.24, 2.45) is 0 Å². The molecule has 22 heavy (non-hydrogen) atoms. The lowest BCUT2D eigenvalue weighted by Gasteiger charge is -1.99. The highest BCUT2D eigenvalue weighted by Gasteiger charge is 2.47. The fraction of sp³-hybridized carbons (Fsp3) is 0.385. The number of benzene rings is 1. The number of fused-ring (bicyclic) bond motifs is 1. The van der Waals surface area contributed by atoms with Gasteiger partial charge in [0, 0.05) is 23.9 Å². The average molecular weight is 346 g/mol. The van der Waals surface area contributed by atoms with Crippen molar-refractivity contribution in [1.29, 1.82) is 0 Å². The van der Waals surface area contributed by atoms with Gasteiger partial charge in [-0.2, -0.15) is 0 Å². The van der Waals surface area contributed by atoms with Gasteiger partial charge in [0.1, 0.15) is 0 Å². The Kier molecular flexibility index (Phi) is 5.89. The molecule has 0 saturated carbocycles. The van der Waals surface area contributed by atoms with Gasteiger partial charge in [0.2, 0.25) is 0 Å². The van der Waals surface area contributed by atoms with Crippen LogP contribution in [0.5, 0.6) is 0 Å². The molecule has 9 heteroatoms. The molecule has 0 nitrogen and oxygen atoms in total. The minimum atomic E-state index is -6.00. The first kappa shape index (κ1) is 18.8. The Bertz CT molecular complexity index is 622. The molecule has 1 aromatic carbocycles. The van der Waals surface area contributed by atoms with E-state index in [0.717, 1.165) is 17.4 Å². The number of halogens is 7. The molecule has 2 rings (SSSR count). The summed E-state index contributed by atoms with van der Waals surface area (Å²) in [5.41, 5.74) is -3.18. The maximum Gasteiger partial charge on any atom is 0.673 e. The Labute approximate surface area is 126 Å². The molecule has 0 radical (unpaired) electrons. The van der Waals surface area contributed by atoms with Gasteiger partial charge in [0.05, 0.1) is 10.5 Å². The summed E-state index contributed by atoms with van der Waals surface area (Å²) in [7, 11) is -7.71. The lowest BCUT2D eigenvalue weighted by atomic mass is 10.1. The van der Waals surface area contributed by atoms with E-state index in [2.05, 4.69) is 0 Å². The van der Waals surface area contributed by atoms with Crippen molar-refractivity contribution >= 4 is 27.8 Å². The van der Waals surface area contributed by atoms with E-state index < -0.39 is 23.2 Å². The summed E-state index contributed by atoms with van der Waals surface area (Å²) in [5.74, 6) is 0. The molecule has 1 heterocycles. The molecule has 1 aromatic heterocycles. The zero-order chi connectivity index (χ0) is 17.1. The standard InChI is InChI=1S/C13H14F3S.BF4/c1-3-9-5-6-10-8-11(4-2)17(12(10)7-9)13(14,15)16;2-1(3,4)5/h5-8H,3-4H2,1-2H3;/q+1;-1. The zero-order valence-electron chi connectivity index (χ0n) is 11.9. The Morgan fingerprint density at radius 2 is 1.50 bits per heavy atom. The van der Waals surface area contributed by atoms with Crippen LogP contribution in [-0.2, 0) is 18.3 Å². The van der Waals surface area contributed by atoms with E-state index in [0.29, 0.717) is 16.0 Å². The monoisotopic (exact) mass is 346 g/mol. The van der Waals surface area contributed by atoms with Crippen LogP contribution in [0, 0.1) is 0 Å². The molecule has 0 aliphatic heterocycles.